The van der Waals surface area contributed by atoms with Gasteiger partial charge in [-0.3, -0.25) is 9.59 Å². The number of carboxylic acids is 1. The summed E-state index contributed by atoms with van der Waals surface area (Å²) < 4.78 is 11.1. The highest BCUT2D eigenvalue weighted by molar-refractivity contribution is 6.12. The zero-order valence-electron chi connectivity index (χ0n) is 25.1. The summed E-state index contributed by atoms with van der Waals surface area (Å²) in [7, 11) is 0. The molecule has 0 saturated heterocycles. The van der Waals surface area contributed by atoms with Crippen molar-refractivity contribution in [2.24, 2.45) is 0 Å². The molecule has 0 aliphatic rings. The highest BCUT2D eigenvalue weighted by Crippen LogP contribution is 2.22. The maximum Gasteiger partial charge on any atom is 0.326 e. The maximum absolute atomic E-state index is 13.1. The van der Waals surface area contributed by atoms with E-state index >= 15 is 0 Å². The third-order valence-electron chi connectivity index (χ3n) is 7.24. The average molecular weight is 615 g/mol. The molecule has 1 atom stereocenters. The fraction of sp³-hybridized carbons (Fsp3) is 0.132. The molecule has 46 heavy (non-hydrogen) atoms. The normalized spacial score (nSPS) is 11.6. The van der Waals surface area contributed by atoms with E-state index in [4.69, 9.17) is 9.15 Å². The summed E-state index contributed by atoms with van der Waals surface area (Å²) in [6.07, 6.45) is 5.60. The van der Waals surface area contributed by atoms with Crippen molar-refractivity contribution < 1.29 is 28.6 Å². The molecule has 0 aliphatic heterocycles. The van der Waals surface area contributed by atoms with Crippen molar-refractivity contribution in [3.63, 3.8) is 0 Å². The first kappa shape index (κ1) is 31.5. The number of rotatable bonds is 16. The van der Waals surface area contributed by atoms with Crippen LogP contribution in [0.15, 0.2) is 132 Å². The molecule has 0 spiro atoms. The zero-order valence-corrected chi connectivity index (χ0v) is 25.1. The highest BCUT2D eigenvalue weighted by atomic mass is 16.5. The minimum absolute atomic E-state index is 0.124. The predicted octanol–water partition coefficient (Wildman–Crippen LogP) is 7.40. The van der Waals surface area contributed by atoms with Gasteiger partial charge >= 0.3 is 5.97 Å². The Labute approximate surface area is 267 Å². The van der Waals surface area contributed by atoms with Crippen LogP contribution in [0.25, 0.3) is 6.08 Å². The van der Waals surface area contributed by atoms with Crippen molar-refractivity contribution in [3.05, 3.63) is 156 Å². The molecule has 5 aromatic rings. The van der Waals surface area contributed by atoms with E-state index in [1.165, 1.54) is 6.08 Å². The average Bonchev–Trinajstić information content (AvgIpc) is 3.62. The Balaban J connectivity index is 1.11. The Hall–Kier alpha value is -5.89. The fourth-order valence-electron chi connectivity index (χ4n) is 4.87. The number of aliphatic carboxylic acids is 1. The number of carbonyl (C=O) groups excluding carboxylic acids is 2. The number of para-hydroxylation sites is 2. The molecule has 0 fully saturated rings. The molecule has 0 bridgehead atoms. The molecular formula is C38H34N2O6. The van der Waals surface area contributed by atoms with Crippen molar-refractivity contribution in [2.45, 2.75) is 18.9 Å². The van der Waals surface area contributed by atoms with Crippen molar-refractivity contribution in [1.29, 1.82) is 0 Å². The summed E-state index contributed by atoms with van der Waals surface area (Å²) in [5.41, 5.74) is 3.54. The van der Waals surface area contributed by atoms with Gasteiger partial charge in [0, 0.05) is 41.0 Å². The van der Waals surface area contributed by atoms with Gasteiger partial charge in [0.05, 0.1) is 12.9 Å². The third kappa shape index (κ3) is 8.60. The summed E-state index contributed by atoms with van der Waals surface area (Å²) in [5.74, 6) is -0.0467. The lowest BCUT2D eigenvalue weighted by Crippen LogP contribution is -2.32. The van der Waals surface area contributed by atoms with Crippen LogP contribution in [-0.2, 0) is 11.2 Å². The molecule has 0 aliphatic carbocycles. The number of hydrogen-bond donors (Lipinski definition) is 3. The van der Waals surface area contributed by atoms with Crippen LogP contribution in [0.5, 0.6) is 5.75 Å². The van der Waals surface area contributed by atoms with Crippen LogP contribution in [0.4, 0.5) is 11.4 Å². The summed E-state index contributed by atoms with van der Waals surface area (Å²) in [5, 5.41) is 16.3. The second-order valence-corrected chi connectivity index (χ2v) is 10.5. The SMILES string of the molecule is O=C(C=Cc1ccco1)c1ccccc1NCCCOc1ccc(CC(Nc2ccccc2C(=O)c2ccccc2)C(=O)O)cc1. The monoisotopic (exact) mass is 614 g/mol. The van der Waals surface area contributed by atoms with E-state index in [0.29, 0.717) is 53.5 Å². The lowest BCUT2D eigenvalue weighted by Gasteiger charge is -2.18. The molecule has 1 unspecified atom stereocenters. The first-order valence-electron chi connectivity index (χ1n) is 15.0. The molecule has 0 saturated carbocycles. The van der Waals surface area contributed by atoms with Gasteiger partial charge in [-0.2, -0.15) is 0 Å². The fourth-order valence-corrected chi connectivity index (χ4v) is 4.87. The van der Waals surface area contributed by atoms with Gasteiger partial charge in [0.1, 0.15) is 17.6 Å². The predicted molar refractivity (Wildman–Crippen MR) is 179 cm³/mol. The number of anilines is 2. The number of allylic oxidation sites excluding steroid dienone is 1. The van der Waals surface area contributed by atoms with Gasteiger partial charge in [-0.1, -0.05) is 66.7 Å². The number of carbonyl (C=O) groups is 3. The topological polar surface area (TPSA) is 118 Å². The van der Waals surface area contributed by atoms with Crippen molar-refractivity contribution >= 4 is 35.0 Å². The Kier molecular flexibility index (Phi) is 10.8. The van der Waals surface area contributed by atoms with Gasteiger partial charge < -0.3 is 24.9 Å². The van der Waals surface area contributed by atoms with E-state index in [9.17, 15) is 19.5 Å². The van der Waals surface area contributed by atoms with E-state index in [1.807, 2.05) is 48.5 Å². The van der Waals surface area contributed by atoms with Gasteiger partial charge in [-0.05, 0) is 72.7 Å². The molecule has 3 N–H and O–H groups in total. The number of nitrogens with one attached hydrogen (secondary N) is 2. The first-order chi connectivity index (χ1) is 22.5. The Morgan fingerprint density at radius 1 is 0.783 bits per heavy atom. The Morgan fingerprint density at radius 3 is 2.20 bits per heavy atom. The molecule has 4 aromatic carbocycles. The summed E-state index contributed by atoms with van der Waals surface area (Å²) in [4.78, 5) is 38.0. The van der Waals surface area contributed by atoms with Crippen LogP contribution < -0.4 is 15.4 Å². The summed E-state index contributed by atoms with van der Waals surface area (Å²) >= 11 is 0. The van der Waals surface area contributed by atoms with Gasteiger partial charge in [0.25, 0.3) is 0 Å². The zero-order chi connectivity index (χ0) is 32.1. The number of furan rings is 1. The van der Waals surface area contributed by atoms with E-state index in [0.717, 1.165) is 11.3 Å². The second kappa shape index (κ2) is 15.7. The number of ether oxygens (including phenoxy) is 1. The molecule has 0 radical (unpaired) electrons. The summed E-state index contributed by atoms with van der Waals surface area (Å²) in [6, 6.07) is 33.1. The molecule has 232 valence electrons. The Bertz CT molecular complexity index is 1780. The van der Waals surface area contributed by atoms with Gasteiger partial charge in [0.2, 0.25) is 0 Å². The summed E-state index contributed by atoms with van der Waals surface area (Å²) in [6.45, 7) is 1.05. The lowest BCUT2D eigenvalue weighted by atomic mass is 10.00. The van der Waals surface area contributed by atoms with Gasteiger partial charge in [-0.15, -0.1) is 0 Å². The molecule has 1 heterocycles. The van der Waals surface area contributed by atoms with Crippen molar-refractivity contribution in [3.8, 4) is 5.75 Å². The van der Waals surface area contributed by atoms with Gasteiger partial charge in [0.15, 0.2) is 11.6 Å². The van der Waals surface area contributed by atoms with Crippen LogP contribution in [-0.4, -0.2) is 41.8 Å². The molecule has 8 nitrogen and oxygen atoms in total. The van der Waals surface area contributed by atoms with Crippen molar-refractivity contribution in [2.75, 3.05) is 23.8 Å². The third-order valence-corrected chi connectivity index (χ3v) is 7.24. The van der Waals surface area contributed by atoms with Crippen LogP contribution >= 0.6 is 0 Å². The number of benzene rings is 4. The maximum atomic E-state index is 13.1. The number of carboxylic acid groups (broad SMARTS) is 1. The van der Waals surface area contributed by atoms with Gasteiger partial charge in [-0.25, -0.2) is 4.79 Å². The molecular weight excluding hydrogens is 580 g/mol. The minimum Gasteiger partial charge on any atom is -0.494 e. The van der Waals surface area contributed by atoms with E-state index < -0.39 is 12.0 Å². The molecule has 5 rings (SSSR count). The van der Waals surface area contributed by atoms with Crippen LogP contribution in [0, 0.1) is 0 Å². The highest BCUT2D eigenvalue weighted by Gasteiger charge is 2.21. The second-order valence-electron chi connectivity index (χ2n) is 10.5. The smallest absolute Gasteiger partial charge is 0.326 e. The molecule has 0 amide bonds. The van der Waals surface area contributed by atoms with E-state index in [1.54, 1.807) is 79.1 Å². The van der Waals surface area contributed by atoms with E-state index in [-0.39, 0.29) is 18.0 Å². The van der Waals surface area contributed by atoms with Crippen LogP contribution in [0.2, 0.25) is 0 Å². The quantitative estimate of drug-likeness (QED) is 0.0598. The standard InChI is InChI=1S/C38H34N2O6/c41-36(22-21-29-12-8-24-45-29)31-13-4-6-15-33(31)39-23-9-25-46-30-19-17-27(18-20-30)26-35(38(43)44)40-34-16-7-5-14-32(34)37(42)28-10-2-1-3-11-28/h1-8,10-22,24,35,39-40H,9,23,25-26H2,(H,43,44). The van der Waals surface area contributed by atoms with Crippen LogP contribution in [0.3, 0.4) is 0 Å². The minimum atomic E-state index is -1.02. The van der Waals surface area contributed by atoms with E-state index in [2.05, 4.69) is 10.6 Å². The van der Waals surface area contributed by atoms with Crippen molar-refractivity contribution in [1.82, 2.24) is 0 Å². The molecule has 8 heteroatoms. The van der Waals surface area contributed by atoms with Crippen LogP contribution in [0.1, 0.15) is 44.0 Å². The number of ketones is 2. The first-order valence-corrected chi connectivity index (χ1v) is 15.0. The molecule has 1 aromatic heterocycles. The Morgan fingerprint density at radius 2 is 1.48 bits per heavy atom. The number of hydrogen-bond acceptors (Lipinski definition) is 7. The lowest BCUT2D eigenvalue weighted by molar-refractivity contribution is -0.137. The largest absolute Gasteiger partial charge is 0.494 e.